The van der Waals surface area contributed by atoms with E-state index in [4.69, 9.17) is 0 Å². The molecule has 0 aliphatic carbocycles. The van der Waals surface area contributed by atoms with Gasteiger partial charge in [0.15, 0.2) is 0 Å². The maximum atomic E-state index is 12.6. The third kappa shape index (κ3) is 4.53. The van der Waals surface area contributed by atoms with Gasteiger partial charge in [0, 0.05) is 11.3 Å². The molecular formula is C25H21N3O3. The van der Waals surface area contributed by atoms with Crippen molar-refractivity contribution in [2.75, 3.05) is 5.32 Å². The Morgan fingerprint density at radius 2 is 1.61 bits per heavy atom. The van der Waals surface area contributed by atoms with Crippen molar-refractivity contribution in [1.29, 1.82) is 0 Å². The predicted molar refractivity (Wildman–Crippen MR) is 119 cm³/mol. The van der Waals surface area contributed by atoms with E-state index in [1.807, 2.05) is 61.5 Å². The van der Waals surface area contributed by atoms with Gasteiger partial charge in [-0.1, -0.05) is 60.7 Å². The van der Waals surface area contributed by atoms with Crippen molar-refractivity contribution >= 4 is 29.6 Å². The second-order valence-corrected chi connectivity index (χ2v) is 7.26. The van der Waals surface area contributed by atoms with E-state index in [0.717, 1.165) is 27.3 Å². The number of amides is 4. The molecule has 4 rings (SSSR count). The third-order valence-corrected chi connectivity index (χ3v) is 5.02. The molecule has 0 saturated carbocycles. The molecule has 1 aliphatic heterocycles. The van der Waals surface area contributed by atoms with Crippen molar-refractivity contribution in [2.45, 2.75) is 13.5 Å². The highest BCUT2D eigenvalue weighted by molar-refractivity contribution is 6.13. The molecule has 2 N–H and O–H groups in total. The molecule has 0 unspecified atom stereocenters. The number of anilines is 1. The molecule has 0 spiro atoms. The molecule has 6 heteroatoms. The van der Waals surface area contributed by atoms with Gasteiger partial charge in [0.05, 0.1) is 6.54 Å². The highest BCUT2D eigenvalue weighted by Crippen LogP contribution is 2.18. The minimum atomic E-state index is -0.464. The first kappa shape index (κ1) is 20.1. The van der Waals surface area contributed by atoms with Crippen LogP contribution in [0.25, 0.3) is 6.08 Å². The summed E-state index contributed by atoms with van der Waals surface area (Å²) in [6.45, 7) is 2.05. The Hall–Kier alpha value is -4.19. The maximum Gasteiger partial charge on any atom is 0.329 e. The van der Waals surface area contributed by atoms with Gasteiger partial charge >= 0.3 is 6.03 Å². The molecule has 0 radical (unpaired) electrons. The number of nitrogens with zero attached hydrogens (tertiary/aromatic N) is 1. The number of benzene rings is 3. The van der Waals surface area contributed by atoms with E-state index in [2.05, 4.69) is 10.6 Å². The van der Waals surface area contributed by atoms with E-state index in [-0.39, 0.29) is 24.1 Å². The lowest BCUT2D eigenvalue weighted by Gasteiger charge is -2.12. The molecule has 3 aromatic rings. The lowest BCUT2D eigenvalue weighted by molar-refractivity contribution is -0.123. The number of para-hydroxylation sites is 1. The highest BCUT2D eigenvalue weighted by Gasteiger charge is 2.33. The number of urea groups is 1. The number of rotatable bonds is 5. The van der Waals surface area contributed by atoms with Crippen LogP contribution in [0.3, 0.4) is 0 Å². The molecule has 6 nitrogen and oxygen atoms in total. The molecule has 1 aliphatic rings. The Morgan fingerprint density at radius 3 is 2.32 bits per heavy atom. The summed E-state index contributed by atoms with van der Waals surface area (Å²) in [6.07, 6.45) is 1.65. The SMILES string of the molecule is Cc1ccccc1NC(=O)c1ccc(CN2C(=O)N/C(=C\c3ccccc3)C2=O)cc1. The standard InChI is InChI=1S/C25H21N3O3/c1-17-7-5-6-10-21(17)26-23(29)20-13-11-19(12-14-20)16-28-24(30)22(27-25(28)31)15-18-8-3-2-4-9-18/h2-15H,16H2,1H3,(H,26,29)(H,27,31)/b22-15-. The van der Waals surface area contributed by atoms with Gasteiger partial charge in [-0.3, -0.25) is 14.5 Å². The molecule has 0 bridgehead atoms. The fraction of sp³-hybridized carbons (Fsp3) is 0.0800. The summed E-state index contributed by atoms with van der Waals surface area (Å²) in [5, 5.41) is 5.51. The van der Waals surface area contributed by atoms with Gasteiger partial charge in [-0.25, -0.2) is 4.79 Å². The number of aryl methyl sites for hydroxylation is 1. The van der Waals surface area contributed by atoms with Crippen molar-refractivity contribution in [3.8, 4) is 0 Å². The minimum absolute atomic E-state index is 0.122. The first-order chi connectivity index (χ1) is 15.0. The van der Waals surface area contributed by atoms with Gasteiger partial charge < -0.3 is 10.6 Å². The zero-order valence-corrected chi connectivity index (χ0v) is 17.0. The quantitative estimate of drug-likeness (QED) is 0.484. The number of hydrogen-bond donors (Lipinski definition) is 2. The van der Waals surface area contributed by atoms with E-state index in [9.17, 15) is 14.4 Å². The fourth-order valence-electron chi connectivity index (χ4n) is 3.28. The smallest absolute Gasteiger partial charge is 0.322 e. The second-order valence-electron chi connectivity index (χ2n) is 7.26. The Bertz CT molecular complexity index is 1170. The summed E-state index contributed by atoms with van der Waals surface area (Å²) in [5.41, 5.74) is 4.05. The molecule has 3 aromatic carbocycles. The highest BCUT2D eigenvalue weighted by atomic mass is 16.2. The number of carbonyl (C=O) groups excluding carboxylic acids is 3. The van der Waals surface area contributed by atoms with Crippen LogP contribution in [-0.4, -0.2) is 22.7 Å². The summed E-state index contributed by atoms with van der Waals surface area (Å²) in [4.78, 5) is 38.6. The second kappa shape index (κ2) is 8.67. The zero-order valence-electron chi connectivity index (χ0n) is 17.0. The first-order valence-corrected chi connectivity index (χ1v) is 9.87. The average molecular weight is 411 g/mol. The average Bonchev–Trinajstić information content (AvgIpc) is 3.04. The summed E-state index contributed by atoms with van der Waals surface area (Å²) < 4.78 is 0. The molecule has 1 heterocycles. The van der Waals surface area contributed by atoms with E-state index in [1.165, 1.54) is 0 Å². The third-order valence-electron chi connectivity index (χ3n) is 5.02. The maximum absolute atomic E-state index is 12.6. The molecule has 1 fully saturated rings. The van der Waals surface area contributed by atoms with Crippen LogP contribution in [0, 0.1) is 6.92 Å². The summed E-state index contributed by atoms with van der Waals surface area (Å²) in [5.74, 6) is -0.598. The van der Waals surface area contributed by atoms with E-state index < -0.39 is 6.03 Å². The van der Waals surface area contributed by atoms with Gasteiger partial charge in [-0.15, -0.1) is 0 Å². The predicted octanol–water partition coefficient (Wildman–Crippen LogP) is 4.34. The molecule has 0 atom stereocenters. The molecule has 154 valence electrons. The minimum Gasteiger partial charge on any atom is -0.322 e. The summed E-state index contributed by atoms with van der Waals surface area (Å²) in [6, 6.07) is 23.3. The van der Waals surface area contributed by atoms with Crippen LogP contribution in [0.1, 0.15) is 27.0 Å². The number of hydrogen-bond acceptors (Lipinski definition) is 3. The summed E-state index contributed by atoms with van der Waals surface area (Å²) >= 11 is 0. The Morgan fingerprint density at radius 1 is 0.935 bits per heavy atom. The number of nitrogens with one attached hydrogen (secondary N) is 2. The van der Waals surface area contributed by atoms with Crippen LogP contribution in [0.2, 0.25) is 0 Å². The van der Waals surface area contributed by atoms with Crippen molar-refractivity contribution in [3.63, 3.8) is 0 Å². The van der Waals surface area contributed by atoms with Crippen molar-refractivity contribution in [3.05, 3.63) is 107 Å². The Labute approximate surface area is 180 Å². The first-order valence-electron chi connectivity index (χ1n) is 9.87. The largest absolute Gasteiger partial charge is 0.329 e. The normalized spacial score (nSPS) is 14.6. The molecule has 4 amide bonds. The van der Waals surface area contributed by atoms with Crippen molar-refractivity contribution in [1.82, 2.24) is 10.2 Å². The van der Waals surface area contributed by atoms with Gasteiger partial charge in [0.1, 0.15) is 5.70 Å². The number of imide groups is 1. The van der Waals surface area contributed by atoms with Gasteiger partial charge in [-0.2, -0.15) is 0 Å². The van der Waals surface area contributed by atoms with Gasteiger partial charge in [0.25, 0.3) is 11.8 Å². The van der Waals surface area contributed by atoms with Crippen LogP contribution in [-0.2, 0) is 11.3 Å². The number of carbonyl (C=O) groups is 3. The van der Waals surface area contributed by atoms with Gasteiger partial charge in [0.2, 0.25) is 0 Å². The molecule has 0 aromatic heterocycles. The lowest BCUT2D eigenvalue weighted by Crippen LogP contribution is -2.30. The topological polar surface area (TPSA) is 78.5 Å². The lowest BCUT2D eigenvalue weighted by atomic mass is 10.1. The Balaban J connectivity index is 1.43. The zero-order chi connectivity index (χ0) is 21.8. The van der Waals surface area contributed by atoms with E-state index in [1.54, 1.807) is 30.3 Å². The van der Waals surface area contributed by atoms with Crippen molar-refractivity contribution in [2.24, 2.45) is 0 Å². The van der Waals surface area contributed by atoms with Crippen LogP contribution >= 0.6 is 0 Å². The molecule has 31 heavy (non-hydrogen) atoms. The van der Waals surface area contributed by atoms with Crippen LogP contribution in [0.15, 0.2) is 84.6 Å². The van der Waals surface area contributed by atoms with Crippen molar-refractivity contribution < 1.29 is 14.4 Å². The molecular weight excluding hydrogens is 390 g/mol. The van der Waals surface area contributed by atoms with E-state index in [0.29, 0.717) is 5.56 Å². The van der Waals surface area contributed by atoms with Crippen LogP contribution in [0.5, 0.6) is 0 Å². The van der Waals surface area contributed by atoms with Gasteiger partial charge in [-0.05, 0) is 47.9 Å². The molecule has 1 saturated heterocycles. The van der Waals surface area contributed by atoms with Crippen LogP contribution < -0.4 is 10.6 Å². The summed E-state index contributed by atoms with van der Waals surface area (Å²) in [7, 11) is 0. The fourth-order valence-corrected chi connectivity index (χ4v) is 3.28. The van der Waals surface area contributed by atoms with E-state index >= 15 is 0 Å². The Kier molecular flexibility index (Phi) is 5.62. The monoisotopic (exact) mass is 411 g/mol. The van der Waals surface area contributed by atoms with Crippen LogP contribution in [0.4, 0.5) is 10.5 Å².